The molecule has 0 spiro atoms. The quantitative estimate of drug-likeness (QED) is 0.860. The molecule has 3 nitrogen and oxygen atoms in total. The molecule has 3 heteroatoms. The number of hydrogen-bond donors (Lipinski definition) is 2. The number of hydrogen-bond acceptors (Lipinski definition) is 2. The number of nitrogens with one attached hydrogen (secondary N) is 2. The van der Waals surface area contributed by atoms with Crippen LogP contribution in [0.2, 0.25) is 0 Å². The number of anilines is 2. The molecule has 0 aromatic heterocycles. The van der Waals surface area contributed by atoms with E-state index < -0.39 is 0 Å². The van der Waals surface area contributed by atoms with Gasteiger partial charge in [0, 0.05) is 24.3 Å². The van der Waals surface area contributed by atoms with E-state index in [1.54, 1.807) is 0 Å². The van der Waals surface area contributed by atoms with Crippen LogP contribution in [0.5, 0.6) is 0 Å². The molecule has 1 aromatic rings. The number of carbonyl (C=O) groups excluding carboxylic acids is 1. The summed E-state index contributed by atoms with van der Waals surface area (Å²) in [5, 5.41) is 6.51. The zero-order chi connectivity index (χ0) is 14.5. The van der Waals surface area contributed by atoms with E-state index in [0.717, 1.165) is 17.3 Å². The maximum absolute atomic E-state index is 11.1. The van der Waals surface area contributed by atoms with Crippen LogP contribution in [0.25, 0.3) is 0 Å². The molecule has 0 heterocycles. The van der Waals surface area contributed by atoms with E-state index >= 15 is 0 Å². The van der Waals surface area contributed by atoms with Gasteiger partial charge in [0.05, 0.1) is 0 Å². The molecule has 1 saturated carbocycles. The average molecular weight is 274 g/mol. The molecule has 0 bridgehead atoms. The molecule has 0 aliphatic heterocycles. The van der Waals surface area contributed by atoms with Crippen molar-refractivity contribution in [2.75, 3.05) is 10.6 Å². The van der Waals surface area contributed by atoms with Crippen LogP contribution in [0.15, 0.2) is 24.3 Å². The first kappa shape index (κ1) is 14.9. The van der Waals surface area contributed by atoms with Gasteiger partial charge in [0.15, 0.2) is 0 Å². The Morgan fingerprint density at radius 3 is 2.60 bits per heavy atom. The molecule has 2 rings (SSSR count). The molecule has 1 aliphatic carbocycles. The number of carbonyl (C=O) groups is 1. The fourth-order valence-electron chi connectivity index (χ4n) is 3.24. The Balaban J connectivity index is 2.06. The van der Waals surface area contributed by atoms with Crippen LogP contribution < -0.4 is 10.6 Å². The van der Waals surface area contributed by atoms with Gasteiger partial charge in [0.1, 0.15) is 0 Å². The second-order valence-corrected chi connectivity index (χ2v) is 6.21. The Kier molecular flexibility index (Phi) is 5.05. The van der Waals surface area contributed by atoms with Gasteiger partial charge in [-0.05, 0) is 42.9 Å². The van der Waals surface area contributed by atoms with Crippen LogP contribution in [0, 0.1) is 11.8 Å². The van der Waals surface area contributed by atoms with Gasteiger partial charge in [-0.2, -0.15) is 0 Å². The van der Waals surface area contributed by atoms with E-state index in [0.29, 0.717) is 12.0 Å². The summed E-state index contributed by atoms with van der Waals surface area (Å²) in [5.74, 6) is 1.43. The van der Waals surface area contributed by atoms with Crippen molar-refractivity contribution >= 4 is 17.3 Å². The topological polar surface area (TPSA) is 41.1 Å². The summed E-state index contributed by atoms with van der Waals surface area (Å²) >= 11 is 0. The highest BCUT2D eigenvalue weighted by atomic mass is 16.1. The van der Waals surface area contributed by atoms with E-state index in [-0.39, 0.29) is 5.91 Å². The zero-order valence-corrected chi connectivity index (χ0v) is 12.8. The summed E-state index contributed by atoms with van der Waals surface area (Å²) < 4.78 is 0. The summed E-state index contributed by atoms with van der Waals surface area (Å²) in [5.41, 5.74) is 1.97. The highest BCUT2D eigenvalue weighted by molar-refractivity contribution is 5.89. The number of benzene rings is 1. The second kappa shape index (κ2) is 6.78. The first-order chi connectivity index (χ1) is 9.56. The highest BCUT2D eigenvalue weighted by Crippen LogP contribution is 2.32. The molecule has 2 N–H and O–H groups in total. The van der Waals surface area contributed by atoms with Crippen molar-refractivity contribution in [3.05, 3.63) is 24.3 Å². The van der Waals surface area contributed by atoms with Crippen LogP contribution in [0.1, 0.15) is 46.5 Å². The predicted octanol–water partition coefficient (Wildman–Crippen LogP) is 4.27. The Morgan fingerprint density at radius 2 is 1.90 bits per heavy atom. The minimum Gasteiger partial charge on any atom is -0.382 e. The Labute approximate surface area is 122 Å². The fraction of sp³-hybridized carbons (Fsp3) is 0.588. The van der Waals surface area contributed by atoms with Crippen LogP contribution >= 0.6 is 0 Å². The molecule has 0 saturated heterocycles. The molecule has 1 amide bonds. The van der Waals surface area contributed by atoms with E-state index in [4.69, 9.17) is 0 Å². The molecule has 1 aliphatic rings. The average Bonchev–Trinajstić information content (AvgIpc) is 2.38. The molecule has 110 valence electrons. The SMILES string of the molecule is CC(=O)Nc1cccc(NC2CCCCC2C(C)C)c1. The maximum atomic E-state index is 11.1. The molecule has 0 radical (unpaired) electrons. The van der Waals surface area contributed by atoms with Gasteiger partial charge < -0.3 is 10.6 Å². The third kappa shape index (κ3) is 3.99. The number of rotatable bonds is 4. The van der Waals surface area contributed by atoms with Gasteiger partial charge in [-0.3, -0.25) is 4.79 Å². The van der Waals surface area contributed by atoms with Crippen LogP contribution in [0.3, 0.4) is 0 Å². The monoisotopic (exact) mass is 274 g/mol. The Morgan fingerprint density at radius 1 is 1.20 bits per heavy atom. The lowest BCUT2D eigenvalue weighted by molar-refractivity contribution is -0.114. The summed E-state index contributed by atoms with van der Waals surface area (Å²) in [6.07, 6.45) is 5.23. The lowest BCUT2D eigenvalue weighted by Gasteiger charge is -2.35. The standard InChI is InChI=1S/C17H26N2O/c1-12(2)16-9-4-5-10-17(16)19-15-8-6-7-14(11-15)18-13(3)20/h6-8,11-12,16-17,19H,4-5,9-10H2,1-3H3,(H,18,20). The van der Waals surface area contributed by atoms with Gasteiger partial charge in [0.2, 0.25) is 5.91 Å². The van der Waals surface area contributed by atoms with Crippen molar-refractivity contribution in [1.29, 1.82) is 0 Å². The Bertz CT molecular complexity index is 456. The summed E-state index contributed by atoms with van der Waals surface area (Å²) in [6, 6.07) is 8.56. The summed E-state index contributed by atoms with van der Waals surface area (Å²) in [4.78, 5) is 11.1. The maximum Gasteiger partial charge on any atom is 0.221 e. The van der Waals surface area contributed by atoms with Crippen molar-refractivity contribution in [3.8, 4) is 0 Å². The first-order valence-corrected chi connectivity index (χ1v) is 7.70. The van der Waals surface area contributed by atoms with Crippen LogP contribution in [-0.2, 0) is 4.79 Å². The second-order valence-electron chi connectivity index (χ2n) is 6.21. The molecule has 2 atom stereocenters. The molecule has 20 heavy (non-hydrogen) atoms. The van der Waals surface area contributed by atoms with Gasteiger partial charge in [-0.1, -0.05) is 32.8 Å². The molecule has 2 unspecified atom stereocenters. The smallest absolute Gasteiger partial charge is 0.221 e. The lowest BCUT2D eigenvalue weighted by Crippen LogP contribution is -2.35. The van der Waals surface area contributed by atoms with Crippen molar-refractivity contribution in [1.82, 2.24) is 0 Å². The minimum absolute atomic E-state index is 0.0279. The summed E-state index contributed by atoms with van der Waals surface area (Å²) in [6.45, 7) is 6.17. The van der Waals surface area contributed by atoms with E-state index in [9.17, 15) is 4.79 Å². The third-order valence-electron chi connectivity index (χ3n) is 4.21. The normalized spacial score (nSPS) is 22.6. The van der Waals surface area contributed by atoms with Gasteiger partial charge in [-0.25, -0.2) is 0 Å². The van der Waals surface area contributed by atoms with E-state index in [1.165, 1.54) is 32.6 Å². The molecular formula is C17H26N2O. The van der Waals surface area contributed by atoms with Crippen LogP contribution in [0.4, 0.5) is 11.4 Å². The molecule has 1 fully saturated rings. The Hall–Kier alpha value is -1.51. The first-order valence-electron chi connectivity index (χ1n) is 7.70. The van der Waals surface area contributed by atoms with Crippen molar-refractivity contribution in [3.63, 3.8) is 0 Å². The summed E-state index contributed by atoms with van der Waals surface area (Å²) in [7, 11) is 0. The van der Waals surface area contributed by atoms with Gasteiger partial charge >= 0.3 is 0 Å². The molecule has 1 aromatic carbocycles. The predicted molar refractivity (Wildman–Crippen MR) is 85.0 cm³/mol. The van der Waals surface area contributed by atoms with Gasteiger partial charge in [0.25, 0.3) is 0 Å². The van der Waals surface area contributed by atoms with Gasteiger partial charge in [-0.15, -0.1) is 0 Å². The minimum atomic E-state index is -0.0279. The zero-order valence-electron chi connectivity index (χ0n) is 12.8. The fourth-order valence-corrected chi connectivity index (χ4v) is 3.24. The van der Waals surface area contributed by atoms with E-state index in [1.807, 2.05) is 18.2 Å². The largest absolute Gasteiger partial charge is 0.382 e. The van der Waals surface area contributed by atoms with Crippen molar-refractivity contribution in [2.24, 2.45) is 11.8 Å². The molecular weight excluding hydrogens is 248 g/mol. The van der Waals surface area contributed by atoms with E-state index in [2.05, 4.69) is 30.5 Å². The number of amides is 1. The van der Waals surface area contributed by atoms with Crippen molar-refractivity contribution in [2.45, 2.75) is 52.5 Å². The third-order valence-corrected chi connectivity index (χ3v) is 4.21. The van der Waals surface area contributed by atoms with Crippen LogP contribution in [-0.4, -0.2) is 11.9 Å². The highest BCUT2D eigenvalue weighted by Gasteiger charge is 2.27. The van der Waals surface area contributed by atoms with Crippen molar-refractivity contribution < 1.29 is 4.79 Å². The lowest BCUT2D eigenvalue weighted by atomic mass is 9.78.